The molecule has 2 aromatic heterocycles. The van der Waals surface area contributed by atoms with E-state index < -0.39 is 0 Å². The molecule has 0 saturated carbocycles. The van der Waals surface area contributed by atoms with Gasteiger partial charge in [0.05, 0.1) is 0 Å². The number of rotatable bonds is 6. The Hall–Kier alpha value is -1.67. The lowest BCUT2D eigenvalue weighted by Gasteiger charge is -2.04. The van der Waals surface area contributed by atoms with E-state index in [1.807, 2.05) is 13.0 Å². The van der Waals surface area contributed by atoms with Gasteiger partial charge in [0.25, 0.3) is 0 Å². The highest BCUT2D eigenvalue weighted by atomic mass is 35.5. The summed E-state index contributed by atoms with van der Waals surface area (Å²) in [6.45, 7) is 2.21. The summed E-state index contributed by atoms with van der Waals surface area (Å²) in [7, 11) is 0. The monoisotopic (exact) mass is 427 g/mol. The maximum absolute atomic E-state index is 12.1. The van der Waals surface area contributed by atoms with Crippen LogP contribution in [0.1, 0.15) is 22.6 Å². The fraction of sp³-hybridized carbons (Fsp3) is 0.235. The van der Waals surface area contributed by atoms with Crippen molar-refractivity contribution in [2.24, 2.45) is 0 Å². The Labute approximate surface area is 168 Å². The normalized spacial score (nSPS) is 10.9. The fourth-order valence-corrected chi connectivity index (χ4v) is 4.46. The Bertz CT molecular complexity index is 994. The highest BCUT2D eigenvalue weighted by Gasteiger charge is 2.10. The summed E-state index contributed by atoms with van der Waals surface area (Å²) in [5, 5.41) is 6.29. The highest BCUT2D eigenvalue weighted by Crippen LogP contribution is 2.26. The Morgan fingerprint density at radius 2 is 2.15 bits per heavy atom. The van der Waals surface area contributed by atoms with Gasteiger partial charge in [0, 0.05) is 51.6 Å². The molecule has 5 nitrogen and oxygen atoms in total. The summed E-state index contributed by atoms with van der Waals surface area (Å²) in [5.74, 6) is -0.173. The van der Waals surface area contributed by atoms with Crippen molar-refractivity contribution in [2.75, 3.05) is 5.32 Å². The highest BCUT2D eigenvalue weighted by molar-refractivity contribution is 7.15. The molecule has 3 rings (SSSR count). The third kappa shape index (κ3) is 4.73. The number of aromatic nitrogens is 2. The van der Waals surface area contributed by atoms with E-state index in [0.29, 0.717) is 28.1 Å². The van der Waals surface area contributed by atoms with Crippen LogP contribution < -0.4 is 10.2 Å². The number of thiazole rings is 2. The molecule has 1 aromatic carbocycles. The Kier molecular flexibility index (Phi) is 6.13. The minimum Gasteiger partial charge on any atom is -0.303 e. The first-order chi connectivity index (χ1) is 12.4. The van der Waals surface area contributed by atoms with Gasteiger partial charge in [-0.1, -0.05) is 40.6 Å². The first-order valence-corrected chi connectivity index (χ1v) is 10.2. The number of amides is 1. The number of nitrogens with one attached hydrogen (secondary N) is 1. The SMILES string of the molecule is Cc1csc(=O)n1CCC(=O)Nc1ncc(Cc2ccc(Cl)cc2Cl)s1. The molecular weight excluding hydrogens is 413 g/mol. The maximum atomic E-state index is 12.1. The van der Waals surface area contributed by atoms with E-state index >= 15 is 0 Å². The van der Waals surface area contributed by atoms with Crippen molar-refractivity contribution in [3.8, 4) is 0 Å². The van der Waals surface area contributed by atoms with Crippen LogP contribution in [0.2, 0.25) is 10.0 Å². The molecule has 0 radical (unpaired) electrons. The molecule has 2 heterocycles. The summed E-state index contributed by atoms with van der Waals surface area (Å²) < 4.78 is 1.60. The van der Waals surface area contributed by atoms with E-state index in [0.717, 1.165) is 27.5 Å². The first kappa shape index (κ1) is 19.1. The smallest absolute Gasteiger partial charge is 0.303 e. The predicted octanol–water partition coefficient (Wildman–Crippen LogP) is 4.60. The van der Waals surface area contributed by atoms with Crippen LogP contribution in [0.5, 0.6) is 0 Å². The van der Waals surface area contributed by atoms with Crippen molar-refractivity contribution in [2.45, 2.75) is 26.3 Å². The van der Waals surface area contributed by atoms with Gasteiger partial charge in [-0.2, -0.15) is 0 Å². The lowest BCUT2D eigenvalue weighted by atomic mass is 10.1. The van der Waals surface area contributed by atoms with Gasteiger partial charge < -0.3 is 9.88 Å². The molecule has 0 aliphatic heterocycles. The van der Waals surface area contributed by atoms with E-state index in [9.17, 15) is 9.59 Å². The molecule has 0 atom stereocenters. The molecule has 0 bridgehead atoms. The standard InChI is InChI=1S/C17H15Cl2N3O2S2/c1-10-9-25-17(24)22(10)5-4-15(23)21-16-20-8-13(26-16)6-11-2-3-12(18)7-14(11)19/h2-3,7-9H,4-6H2,1H3,(H,20,21,23). The second kappa shape index (κ2) is 8.35. The molecule has 3 aromatic rings. The molecular formula is C17H15Cl2N3O2S2. The molecule has 1 amide bonds. The van der Waals surface area contributed by atoms with Crippen LogP contribution in [-0.2, 0) is 17.8 Å². The van der Waals surface area contributed by atoms with Crippen LogP contribution >= 0.6 is 45.9 Å². The molecule has 0 unspecified atom stereocenters. The van der Waals surface area contributed by atoms with Crippen molar-refractivity contribution in [1.82, 2.24) is 9.55 Å². The second-order valence-electron chi connectivity index (χ2n) is 5.64. The first-order valence-electron chi connectivity index (χ1n) is 7.76. The lowest BCUT2D eigenvalue weighted by Crippen LogP contribution is -2.20. The summed E-state index contributed by atoms with van der Waals surface area (Å²) in [6, 6.07) is 5.38. The molecule has 0 spiro atoms. The number of aryl methyl sites for hydroxylation is 1. The van der Waals surface area contributed by atoms with Crippen molar-refractivity contribution in [1.29, 1.82) is 0 Å². The average Bonchev–Trinajstić information content (AvgIpc) is 3.15. The zero-order valence-electron chi connectivity index (χ0n) is 13.8. The van der Waals surface area contributed by atoms with Gasteiger partial charge in [0.15, 0.2) is 5.13 Å². The van der Waals surface area contributed by atoms with Crippen molar-refractivity contribution in [3.05, 3.63) is 65.6 Å². The van der Waals surface area contributed by atoms with Crippen LogP contribution in [0.3, 0.4) is 0 Å². The maximum Gasteiger partial charge on any atom is 0.307 e. The zero-order valence-corrected chi connectivity index (χ0v) is 16.9. The van der Waals surface area contributed by atoms with Crippen LogP contribution in [-0.4, -0.2) is 15.5 Å². The number of anilines is 1. The molecule has 0 fully saturated rings. The van der Waals surface area contributed by atoms with Gasteiger partial charge in [-0.25, -0.2) is 4.98 Å². The van der Waals surface area contributed by atoms with E-state index in [2.05, 4.69) is 10.3 Å². The number of benzene rings is 1. The summed E-state index contributed by atoms with van der Waals surface area (Å²) in [4.78, 5) is 28.9. The van der Waals surface area contributed by atoms with E-state index in [-0.39, 0.29) is 17.2 Å². The van der Waals surface area contributed by atoms with E-state index in [1.165, 1.54) is 11.3 Å². The lowest BCUT2D eigenvalue weighted by molar-refractivity contribution is -0.116. The molecule has 136 valence electrons. The topological polar surface area (TPSA) is 64.0 Å². The second-order valence-corrected chi connectivity index (χ2v) is 8.42. The number of hydrogen-bond acceptors (Lipinski definition) is 5. The average molecular weight is 428 g/mol. The Balaban J connectivity index is 1.57. The predicted molar refractivity (Wildman–Crippen MR) is 108 cm³/mol. The van der Waals surface area contributed by atoms with Crippen LogP contribution in [0, 0.1) is 6.92 Å². The van der Waals surface area contributed by atoms with E-state index in [4.69, 9.17) is 23.2 Å². The van der Waals surface area contributed by atoms with Gasteiger partial charge in [0.1, 0.15) is 0 Å². The van der Waals surface area contributed by atoms with Gasteiger partial charge in [-0.15, -0.1) is 11.3 Å². The molecule has 0 aliphatic carbocycles. The number of hydrogen-bond donors (Lipinski definition) is 1. The molecule has 0 saturated heterocycles. The van der Waals surface area contributed by atoms with Gasteiger partial charge in [-0.3, -0.25) is 9.59 Å². The zero-order chi connectivity index (χ0) is 18.7. The minimum absolute atomic E-state index is 0.0494. The third-order valence-corrected chi connectivity index (χ3v) is 6.10. The summed E-state index contributed by atoms with van der Waals surface area (Å²) in [6.07, 6.45) is 2.56. The summed E-state index contributed by atoms with van der Waals surface area (Å²) in [5.41, 5.74) is 1.81. The quantitative estimate of drug-likeness (QED) is 0.624. The molecule has 26 heavy (non-hydrogen) atoms. The number of nitrogens with zero attached hydrogens (tertiary/aromatic N) is 2. The third-order valence-electron chi connectivity index (χ3n) is 3.72. The van der Waals surface area contributed by atoms with Crippen molar-refractivity contribution < 1.29 is 4.79 Å². The molecule has 1 N–H and O–H groups in total. The Morgan fingerprint density at radius 3 is 2.85 bits per heavy atom. The van der Waals surface area contributed by atoms with Crippen LogP contribution in [0.25, 0.3) is 0 Å². The van der Waals surface area contributed by atoms with Crippen LogP contribution in [0.4, 0.5) is 5.13 Å². The fourth-order valence-electron chi connectivity index (χ4n) is 2.37. The molecule has 0 aliphatic rings. The van der Waals surface area contributed by atoms with Gasteiger partial charge in [0.2, 0.25) is 5.91 Å². The van der Waals surface area contributed by atoms with Gasteiger partial charge >= 0.3 is 4.87 Å². The van der Waals surface area contributed by atoms with Crippen molar-refractivity contribution in [3.63, 3.8) is 0 Å². The summed E-state index contributed by atoms with van der Waals surface area (Å²) >= 11 is 14.6. The van der Waals surface area contributed by atoms with Crippen LogP contribution in [0.15, 0.2) is 34.6 Å². The van der Waals surface area contributed by atoms with Crippen molar-refractivity contribution >= 4 is 56.9 Å². The number of carbonyl (C=O) groups excluding carboxylic acids is 1. The number of carbonyl (C=O) groups is 1. The Morgan fingerprint density at radius 1 is 1.35 bits per heavy atom. The largest absolute Gasteiger partial charge is 0.307 e. The van der Waals surface area contributed by atoms with Gasteiger partial charge in [-0.05, 0) is 24.6 Å². The van der Waals surface area contributed by atoms with E-state index in [1.54, 1.807) is 28.3 Å². The molecule has 9 heteroatoms. The number of halogens is 2. The minimum atomic E-state index is -0.173.